The van der Waals surface area contributed by atoms with Crippen molar-refractivity contribution in [3.63, 3.8) is 0 Å². The Labute approximate surface area is 459 Å². The molecular weight excluding hydrogens is 1020 g/mol. The number of nitrogens with one attached hydrogen (secondary N) is 2. The van der Waals surface area contributed by atoms with Crippen molar-refractivity contribution in [3.05, 3.63) is 131 Å². The molecule has 0 aliphatic carbocycles. The predicted molar refractivity (Wildman–Crippen MR) is 295 cm³/mol. The molecule has 0 spiro atoms. The van der Waals surface area contributed by atoms with Crippen LogP contribution in [0.3, 0.4) is 0 Å². The van der Waals surface area contributed by atoms with E-state index in [-0.39, 0.29) is 54.6 Å². The molecule has 80 heavy (non-hydrogen) atoms. The highest BCUT2D eigenvalue weighted by Gasteiger charge is 2.46. The van der Waals surface area contributed by atoms with Gasteiger partial charge in [-0.3, -0.25) is 48.3 Å². The van der Waals surface area contributed by atoms with Crippen LogP contribution in [0.15, 0.2) is 97.6 Å². The number of nitrogens with two attached hydrogens (primary N) is 1. The Hall–Kier alpha value is -9.07. The second-order valence-corrected chi connectivity index (χ2v) is 21.0. The molecule has 10 heterocycles. The largest absolute Gasteiger partial charge is 0.384 e. The van der Waals surface area contributed by atoms with Crippen molar-refractivity contribution in [2.24, 2.45) is 0 Å². The lowest BCUT2D eigenvalue weighted by atomic mass is 9.89. The molecule has 4 saturated heterocycles. The number of hydrogen-bond donors (Lipinski definition) is 4. The molecule has 5 amide bonds. The molecule has 5 aliphatic rings. The van der Waals surface area contributed by atoms with Gasteiger partial charge < -0.3 is 30.9 Å². The van der Waals surface area contributed by atoms with Gasteiger partial charge in [0.25, 0.3) is 17.7 Å². The van der Waals surface area contributed by atoms with Crippen molar-refractivity contribution < 1.29 is 33.5 Å². The molecule has 0 saturated carbocycles. The highest BCUT2D eigenvalue weighted by Crippen LogP contribution is 2.35. The van der Waals surface area contributed by atoms with Crippen molar-refractivity contribution >= 4 is 63.7 Å². The number of nitrogen functional groups attached to an aromatic ring is 1. The van der Waals surface area contributed by atoms with Gasteiger partial charge in [0.15, 0.2) is 5.65 Å². The summed E-state index contributed by atoms with van der Waals surface area (Å²) < 4.78 is 19.6. The quantitative estimate of drug-likeness (QED) is 0.103. The highest BCUT2D eigenvalue weighted by atomic mass is 19.1. The first-order chi connectivity index (χ1) is 38.8. The molecule has 2 aromatic carbocycles. The fourth-order valence-corrected chi connectivity index (χ4v) is 11.6. The number of fused-ring (bicyclic) bond motifs is 2. The maximum Gasteiger partial charge on any atom is 0.264 e. The van der Waals surface area contributed by atoms with Crippen molar-refractivity contribution in [1.29, 1.82) is 0 Å². The van der Waals surface area contributed by atoms with Crippen LogP contribution in [-0.2, 0) is 20.9 Å². The van der Waals surface area contributed by atoms with E-state index in [9.17, 15) is 29.1 Å². The lowest BCUT2D eigenvalue weighted by Crippen LogP contribution is -2.56. The van der Waals surface area contributed by atoms with Gasteiger partial charge in [-0.2, -0.15) is 5.10 Å². The van der Waals surface area contributed by atoms with Crippen LogP contribution >= 0.6 is 0 Å². The van der Waals surface area contributed by atoms with Crippen LogP contribution in [0.2, 0.25) is 0 Å². The molecule has 1 unspecified atom stereocenters. The summed E-state index contributed by atoms with van der Waals surface area (Å²) in [7, 11) is 0. The zero-order chi connectivity index (χ0) is 55.2. The molecule has 12 rings (SSSR count). The van der Waals surface area contributed by atoms with E-state index in [1.54, 1.807) is 53.8 Å². The smallest absolute Gasteiger partial charge is 0.264 e. The van der Waals surface area contributed by atoms with E-state index in [2.05, 4.69) is 57.2 Å². The number of imide groups is 2. The maximum absolute atomic E-state index is 15.9. The van der Waals surface area contributed by atoms with E-state index < -0.39 is 35.3 Å². The van der Waals surface area contributed by atoms with E-state index in [1.807, 2.05) is 64.8 Å². The Morgan fingerprint density at radius 3 is 2.44 bits per heavy atom. The van der Waals surface area contributed by atoms with Crippen molar-refractivity contribution in [1.82, 2.24) is 54.3 Å². The van der Waals surface area contributed by atoms with Gasteiger partial charge in [0.05, 0.1) is 47.0 Å². The van der Waals surface area contributed by atoms with Crippen molar-refractivity contribution in [2.75, 3.05) is 79.8 Å². The van der Waals surface area contributed by atoms with Crippen LogP contribution in [-0.4, -0.2) is 154 Å². The molecule has 0 radical (unpaired) electrons. The molecule has 1 atom stereocenters. The van der Waals surface area contributed by atoms with Gasteiger partial charge in [-0.05, 0) is 86.8 Å². The normalized spacial score (nSPS) is 18.8. The number of hydrogen-bond acceptors (Lipinski definition) is 16. The summed E-state index contributed by atoms with van der Waals surface area (Å²) in [6, 6.07) is 20.5. The van der Waals surface area contributed by atoms with E-state index >= 15 is 4.39 Å². The van der Waals surface area contributed by atoms with Gasteiger partial charge in [0.1, 0.15) is 40.4 Å². The zero-order valence-corrected chi connectivity index (χ0v) is 44.0. The molecule has 5 aliphatic heterocycles. The number of piperazine rings is 1. The number of carbonyl (C=O) groups is 5. The number of imidazole rings is 1. The molecule has 5 aromatic heterocycles. The lowest BCUT2D eigenvalue weighted by Gasteiger charge is -2.42. The number of aromatic nitrogens is 7. The number of piperidine rings is 3. The number of aryl methyl sites for hydroxylation is 1. The number of halogens is 1. The maximum atomic E-state index is 15.9. The van der Waals surface area contributed by atoms with E-state index in [4.69, 9.17) is 10.7 Å². The lowest BCUT2D eigenvalue weighted by molar-refractivity contribution is -0.155. The van der Waals surface area contributed by atoms with Gasteiger partial charge in [-0.15, -0.1) is 0 Å². The fraction of sp³-hybridized carbons (Fsp3) is 0.345. The summed E-state index contributed by atoms with van der Waals surface area (Å²) in [6.07, 6.45) is 9.05. The number of aliphatic hydroxyl groups is 1. The summed E-state index contributed by atoms with van der Waals surface area (Å²) in [5, 5.41) is 21.8. The highest BCUT2D eigenvalue weighted by molar-refractivity contribution is 6.25. The molecule has 22 heteroatoms. The van der Waals surface area contributed by atoms with Crippen LogP contribution in [0.1, 0.15) is 82.2 Å². The summed E-state index contributed by atoms with van der Waals surface area (Å²) in [6.45, 7) is 7.42. The summed E-state index contributed by atoms with van der Waals surface area (Å²) in [5.41, 5.74) is 11.0. The van der Waals surface area contributed by atoms with Crippen LogP contribution in [0.5, 0.6) is 0 Å². The molecular formula is C58H58FN15O6. The third kappa shape index (κ3) is 10.0. The number of likely N-dealkylation sites (tertiary alicyclic amines) is 1. The van der Waals surface area contributed by atoms with E-state index in [0.717, 1.165) is 40.5 Å². The Kier molecular flexibility index (Phi) is 13.8. The molecule has 408 valence electrons. The van der Waals surface area contributed by atoms with Gasteiger partial charge in [0.2, 0.25) is 11.8 Å². The molecule has 4 fully saturated rings. The second-order valence-electron chi connectivity index (χ2n) is 21.0. The van der Waals surface area contributed by atoms with Gasteiger partial charge >= 0.3 is 0 Å². The number of carbonyl (C=O) groups excluding carboxylic acids is 5. The molecule has 7 aromatic rings. The number of benzene rings is 2. The number of pyridine rings is 3. The van der Waals surface area contributed by atoms with Crippen LogP contribution in [0, 0.1) is 24.6 Å². The van der Waals surface area contributed by atoms with E-state index in [1.165, 1.54) is 0 Å². The van der Waals surface area contributed by atoms with E-state index in [0.29, 0.717) is 111 Å². The van der Waals surface area contributed by atoms with Crippen molar-refractivity contribution in [2.45, 2.75) is 69.7 Å². The van der Waals surface area contributed by atoms with Crippen LogP contribution in [0.4, 0.5) is 27.4 Å². The number of nitrogens with zero attached hydrogens (tertiary/aromatic N) is 12. The Balaban J connectivity index is 0.580. The SMILES string of the molecule is Cc1nc2ccc(-c3ccnc(N)c3)nc2n1-c1ccc(N2CCN(CC#Cc3ccc(N4CCC(O)(C(=O)N5CCC(n6cc(CNc7cccc8c7C(=O)N(C7CCC(=O)NC7=O)C8=O)cn6)CC5)CC4)nc3)CC2)c(F)c1. The first-order valence-corrected chi connectivity index (χ1v) is 27.0. The monoisotopic (exact) mass is 1080 g/mol. The summed E-state index contributed by atoms with van der Waals surface area (Å²) in [5.74, 6) is 5.57. The van der Waals surface area contributed by atoms with Crippen LogP contribution in [0.25, 0.3) is 28.1 Å². The van der Waals surface area contributed by atoms with Crippen molar-refractivity contribution in [3.8, 4) is 28.8 Å². The van der Waals surface area contributed by atoms with Gasteiger partial charge in [-0.25, -0.2) is 24.3 Å². The standard InChI is InChI=1S/C58H58FN15O6/c1-36-65-46-10-9-44(39-15-20-61-49(60)30-39)66-53(46)73(36)41-8-11-47(43(59)31-41)69-28-26-68(27-29-69)21-3-4-37-7-13-50(63-32-37)70-24-18-58(80,19-25-70)57(79)71-22-16-40(17-23-71)72-35-38(34-64-72)33-62-45-6-2-5-42-52(45)56(78)74(55(42)77)48-12-14-51(75)67-54(48)76/h2,5-11,13,15,20,30-32,34-35,40,48,62,80H,12,14,16-19,21-29,33H2,1H3,(H2,60,61)(H,67,75,76). The summed E-state index contributed by atoms with van der Waals surface area (Å²) in [4.78, 5) is 92.3. The molecule has 21 nitrogen and oxygen atoms in total. The zero-order valence-electron chi connectivity index (χ0n) is 44.0. The molecule has 0 bridgehead atoms. The minimum Gasteiger partial charge on any atom is -0.384 e. The summed E-state index contributed by atoms with van der Waals surface area (Å²) >= 11 is 0. The predicted octanol–water partition coefficient (Wildman–Crippen LogP) is 4.49. The Morgan fingerprint density at radius 1 is 0.875 bits per heavy atom. The minimum atomic E-state index is -1.47. The molecule has 5 N–H and O–H groups in total. The second kappa shape index (κ2) is 21.3. The third-order valence-corrected chi connectivity index (χ3v) is 16.0. The number of rotatable bonds is 11. The third-order valence-electron chi connectivity index (χ3n) is 16.0. The average Bonchev–Trinajstić information content (AvgIpc) is 4.18. The Bertz CT molecular complexity index is 3660. The number of anilines is 4. The first-order valence-electron chi connectivity index (χ1n) is 27.0. The number of amides is 5. The average molecular weight is 1080 g/mol. The van der Waals surface area contributed by atoms with Gasteiger partial charge in [0, 0.05) is 125 Å². The Morgan fingerprint density at radius 2 is 1.69 bits per heavy atom. The van der Waals surface area contributed by atoms with Gasteiger partial charge in [-0.1, -0.05) is 17.9 Å². The van der Waals surface area contributed by atoms with Crippen LogP contribution < -0.4 is 26.2 Å². The first kappa shape index (κ1) is 51.7. The fourth-order valence-electron chi connectivity index (χ4n) is 11.6. The minimum absolute atomic E-state index is 0.0409. The topological polar surface area (TPSA) is 246 Å².